The van der Waals surface area contributed by atoms with Crippen molar-refractivity contribution in [3.63, 3.8) is 0 Å². The monoisotopic (exact) mass is 412 g/mol. The van der Waals surface area contributed by atoms with Crippen molar-refractivity contribution in [3.05, 3.63) is 81.7 Å². The third-order valence-electron chi connectivity index (χ3n) is 4.18. The van der Waals surface area contributed by atoms with Gasteiger partial charge in [0.05, 0.1) is 17.8 Å². The second-order valence-corrected chi connectivity index (χ2v) is 6.49. The zero-order valence-corrected chi connectivity index (χ0v) is 15.9. The van der Waals surface area contributed by atoms with E-state index in [2.05, 4.69) is 15.2 Å². The first-order valence-electron chi connectivity index (χ1n) is 8.54. The van der Waals surface area contributed by atoms with Gasteiger partial charge in [-0.3, -0.25) is 4.79 Å². The lowest BCUT2D eigenvalue weighted by molar-refractivity contribution is 0.363. The Morgan fingerprint density at radius 1 is 1.10 bits per heavy atom. The highest BCUT2D eigenvalue weighted by Gasteiger charge is 2.13. The van der Waals surface area contributed by atoms with Gasteiger partial charge in [0.25, 0.3) is 5.56 Å². The summed E-state index contributed by atoms with van der Waals surface area (Å²) >= 11 is 5.69. The van der Waals surface area contributed by atoms with Crippen molar-refractivity contribution in [1.82, 2.24) is 19.9 Å². The normalized spacial score (nSPS) is 10.9. The number of hydrogen-bond acceptors (Lipinski definition) is 6. The number of nitrogens with zero attached hydrogens (tertiary/aromatic N) is 4. The predicted molar refractivity (Wildman–Crippen MR) is 104 cm³/mol. The Labute approximate surface area is 169 Å². The molecule has 4 rings (SSSR count). The lowest BCUT2D eigenvalue weighted by atomic mass is 10.1. The van der Waals surface area contributed by atoms with Gasteiger partial charge in [0.15, 0.2) is 0 Å². The summed E-state index contributed by atoms with van der Waals surface area (Å²) in [4.78, 5) is 16.4. The van der Waals surface area contributed by atoms with E-state index >= 15 is 0 Å². The van der Waals surface area contributed by atoms with Gasteiger partial charge in [-0.05, 0) is 48.5 Å². The summed E-state index contributed by atoms with van der Waals surface area (Å²) in [6.45, 7) is -0.0219. The van der Waals surface area contributed by atoms with Gasteiger partial charge in [-0.25, -0.2) is 9.07 Å². The molecule has 146 valence electrons. The first-order chi connectivity index (χ1) is 14.0. The molecule has 0 fully saturated rings. The van der Waals surface area contributed by atoms with Crippen LogP contribution < -0.4 is 10.3 Å². The molecule has 2 aromatic heterocycles. The van der Waals surface area contributed by atoms with Gasteiger partial charge in [-0.2, -0.15) is 10.1 Å². The van der Waals surface area contributed by atoms with Gasteiger partial charge in [0.1, 0.15) is 18.1 Å². The molecule has 0 aliphatic heterocycles. The number of halogens is 2. The largest absolute Gasteiger partial charge is 0.497 e. The third-order valence-corrected chi connectivity index (χ3v) is 4.49. The van der Waals surface area contributed by atoms with E-state index < -0.39 is 5.82 Å². The van der Waals surface area contributed by atoms with Crippen molar-refractivity contribution in [2.75, 3.05) is 7.11 Å². The maximum absolute atomic E-state index is 13.6. The Balaban J connectivity index is 1.60. The first-order valence-corrected chi connectivity index (χ1v) is 8.92. The van der Waals surface area contributed by atoms with Gasteiger partial charge in [-0.1, -0.05) is 16.8 Å². The van der Waals surface area contributed by atoms with Crippen LogP contribution in [-0.2, 0) is 6.54 Å². The zero-order chi connectivity index (χ0) is 20.4. The van der Waals surface area contributed by atoms with E-state index in [0.717, 1.165) is 11.3 Å². The van der Waals surface area contributed by atoms with Crippen molar-refractivity contribution in [2.24, 2.45) is 0 Å². The summed E-state index contributed by atoms with van der Waals surface area (Å²) in [7, 11) is 1.59. The van der Waals surface area contributed by atoms with Gasteiger partial charge < -0.3 is 9.26 Å². The third kappa shape index (κ3) is 4.02. The van der Waals surface area contributed by atoms with E-state index in [1.807, 2.05) is 24.3 Å². The molecule has 0 saturated carbocycles. The quantitative estimate of drug-likeness (QED) is 0.495. The van der Waals surface area contributed by atoms with E-state index in [1.165, 1.54) is 22.9 Å². The lowest BCUT2D eigenvalue weighted by Gasteiger charge is -2.06. The number of methoxy groups -OCH3 is 1. The van der Waals surface area contributed by atoms with Crippen LogP contribution in [0, 0.1) is 5.82 Å². The van der Waals surface area contributed by atoms with Crippen LogP contribution in [0.2, 0.25) is 5.02 Å². The minimum atomic E-state index is -0.583. The van der Waals surface area contributed by atoms with Crippen molar-refractivity contribution in [1.29, 1.82) is 0 Å². The Kier molecular flexibility index (Phi) is 5.09. The second-order valence-electron chi connectivity index (χ2n) is 6.08. The molecule has 4 aromatic rings. The smallest absolute Gasteiger partial charge is 0.267 e. The SMILES string of the molecule is COc1ccc(-c2ccc(=O)n(Cc3nc(-c4ccc(Cl)c(F)c4)no3)n2)cc1. The van der Waals surface area contributed by atoms with Crippen molar-refractivity contribution in [3.8, 4) is 28.4 Å². The van der Waals surface area contributed by atoms with Crippen molar-refractivity contribution >= 4 is 11.6 Å². The van der Waals surface area contributed by atoms with Crippen LogP contribution in [0.3, 0.4) is 0 Å². The Morgan fingerprint density at radius 2 is 1.86 bits per heavy atom. The van der Waals surface area contributed by atoms with E-state index in [1.54, 1.807) is 19.2 Å². The Bertz CT molecular complexity index is 1220. The maximum Gasteiger partial charge on any atom is 0.267 e. The van der Waals surface area contributed by atoms with Gasteiger partial charge in [0, 0.05) is 17.2 Å². The molecule has 29 heavy (non-hydrogen) atoms. The molecule has 0 aliphatic rings. The first kappa shape index (κ1) is 18.8. The minimum absolute atomic E-state index is 0.00330. The highest BCUT2D eigenvalue weighted by molar-refractivity contribution is 6.30. The molecule has 7 nitrogen and oxygen atoms in total. The summed E-state index contributed by atoms with van der Waals surface area (Å²) in [6, 6.07) is 14.6. The molecule has 2 heterocycles. The van der Waals surface area contributed by atoms with Gasteiger partial charge >= 0.3 is 0 Å². The molecular formula is C20H14ClFN4O3. The molecule has 0 spiro atoms. The van der Waals surface area contributed by atoms with E-state index in [9.17, 15) is 9.18 Å². The fourth-order valence-corrected chi connectivity index (χ4v) is 2.80. The van der Waals surface area contributed by atoms with E-state index in [-0.39, 0.29) is 28.8 Å². The zero-order valence-electron chi connectivity index (χ0n) is 15.2. The summed E-state index contributed by atoms with van der Waals surface area (Å²) in [6.07, 6.45) is 0. The highest BCUT2D eigenvalue weighted by Crippen LogP contribution is 2.22. The molecule has 0 amide bonds. The van der Waals surface area contributed by atoms with Crippen LogP contribution >= 0.6 is 11.6 Å². The van der Waals surface area contributed by atoms with Crippen molar-refractivity contribution in [2.45, 2.75) is 6.54 Å². The molecule has 0 unspecified atom stereocenters. The van der Waals surface area contributed by atoms with Gasteiger partial charge in [-0.15, -0.1) is 0 Å². The van der Waals surface area contributed by atoms with E-state index in [4.69, 9.17) is 20.9 Å². The molecule has 0 radical (unpaired) electrons. The average Bonchev–Trinajstić information content (AvgIpc) is 3.20. The fraction of sp³-hybridized carbons (Fsp3) is 0.100. The molecule has 0 N–H and O–H groups in total. The average molecular weight is 413 g/mol. The summed E-state index contributed by atoms with van der Waals surface area (Å²) < 4.78 is 25.2. The highest BCUT2D eigenvalue weighted by atomic mass is 35.5. The van der Waals surface area contributed by atoms with Crippen LogP contribution in [0.5, 0.6) is 5.75 Å². The number of hydrogen-bond donors (Lipinski definition) is 0. The molecule has 2 aromatic carbocycles. The summed E-state index contributed by atoms with van der Waals surface area (Å²) in [5, 5.41) is 8.19. The fourth-order valence-electron chi connectivity index (χ4n) is 2.68. The molecular weight excluding hydrogens is 399 g/mol. The second kappa shape index (κ2) is 7.84. The van der Waals surface area contributed by atoms with Crippen molar-refractivity contribution < 1.29 is 13.7 Å². The molecule has 0 saturated heterocycles. The minimum Gasteiger partial charge on any atom is -0.497 e. The van der Waals surface area contributed by atoms with Crippen LogP contribution in [-0.4, -0.2) is 27.0 Å². The van der Waals surface area contributed by atoms with E-state index in [0.29, 0.717) is 11.3 Å². The molecule has 9 heteroatoms. The van der Waals surface area contributed by atoms with Crippen LogP contribution in [0.25, 0.3) is 22.6 Å². The standard InChI is InChI=1S/C20H14ClFN4O3/c1-28-14-5-2-12(3-6-14)17-8-9-19(27)26(24-17)11-18-23-20(25-29-18)13-4-7-15(21)16(22)10-13/h2-10H,11H2,1H3. The Morgan fingerprint density at radius 3 is 2.59 bits per heavy atom. The van der Waals surface area contributed by atoms with Crippen LogP contribution in [0.1, 0.15) is 5.89 Å². The molecule has 0 atom stereocenters. The van der Waals surface area contributed by atoms with Crippen LogP contribution in [0.15, 0.2) is 63.9 Å². The Hall–Kier alpha value is -3.52. The predicted octanol–water partition coefficient (Wildman–Crippen LogP) is 3.81. The molecule has 0 bridgehead atoms. The maximum atomic E-state index is 13.6. The van der Waals surface area contributed by atoms with Gasteiger partial charge in [0.2, 0.25) is 11.7 Å². The number of aromatic nitrogens is 4. The number of benzene rings is 2. The lowest BCUT2D eigenvalue weighted by Crippen LogP contribution is -2.23. The number of rotatable bonds is 5. The number of ether oxygens (including phenoxy) is 1. The topological polar surface area (TPSA) is 83.0 Å². The summed E-state index contributed by atoms with van der Waals surface area (Å²) in [5.74, 6) is 0.492. The molecule has 0 aliphatic carbocycles. The van der Waals surface area contributed by atoms with Crippen LogP contribution in [0.4, 0.5) is 4.39 Å². The summed E-state index contributed by atoms with van der Waals surface area (Å²) in [5.41, 5.74) is 1.52.